The summed E-state index contributed by atoms with van der Waals surface area (Å²) in [6, 6.07) is 4.25. The second-order valence-electron chi connectivity index (χ2n) is 4.94. The highest BCUT2D eigenvalue weighted by atomic mass is 35.5. The van der Waals surface area contributed by atoms with Gasteiger partial charge in [-0.3, -0.25) is 0 Å². The van der Waals surface area contributed by atoms with Crippen molar-refractivity contribution in [1.29, 1.82) is 0 Å². The summed E-state index contributed by atoms with van der Waals surface area (Å²) in [5.41, 5.74) is 6.39. The molecule has 0 fully saturated rings. The maximum absolute atomic E-state index is 6.03. The lowest BCUT2D eigenvalue weighted by Crippen LogP contribution is -2.35. The summed E-state index contributed by atoms with van der Waals surface area (Å²) in [5, 5.41) is 0.643. The monoisotopic (exact) mass is 255 g/mol. The minimum atomic E-state index is 0.375. The maximum Gasteiger partial charge on any atom is 0.129 e. The van der Waals surface area contributed by atoms with Crippen LogP contribution in [0.3, 0.4) is 0 Å². The number of hydrogen-bond donors (Lipinski definition) is 1. The lowest BCUT2D eigenvalue weighted by atomic mass is 10.1. The van der Waals surface area contributed by atoms with Gasteiger partial charge in [0.2, 0.25) is 0 Å². The van der Waals surface area contributed by atoms with Crippen LogP contribution < -0.4 is 10.6 Å². The summed E-state index contributed by atoms with van der Waals surface area (Å²) in [6.07, 6.45) is 0. The molecule has 4 heteroatoms. The van der Waals surface area contributed by atoms with Crippen molar-refractivity contribution in [1.82, 2.24) is 4.98 Å². The zero-order valence-electron chi connectivity index (χ0n) is 11.1. The van der Waals surface area contributed by atoms with Crippen LogP contribution >= 0.6 is 11.6 Å². The molecule has 0 aliphatic rings. The van der Waals surface area contributed by atoms with Gasteiger partial charge in [0.15, 0.2) is 0 Å². The highest BCUT2D eigenvalue weighted by molar-refractivity contribution is 6.31. The van der Waals surface area contributed by atoms with Gasteiger partial charge in [-0.05, 0) is 31.9 Å². The van der Waals surface area contributed by atoms with E-state index >= 15 is 0 Å². The van der Waals surface area contributed by atoms with Gasteiger partial charge < -0.3 is 10.6 Å². The number of aromatic nitrogens is 1. The summed E-state index contributed by atoms with van der Waals surface area (Å²) < 4.78 is 0. The van der Waals surface area contributed by atoms with Crippen LogP contribution in [0.5, 0.6) is 0 Å². The first-order valence-corrected chi connectivity index (χ1v) is 6.45. The molecule has 0 atom stereocenters. The number of rotatable bonds is 5. The van der Waals surface area contributed by atoms with E-state index in [1.165, 1.54) is 0 Å². The summed E-state index contributed by atoms with van der Waals surface area (Å²) >= 11 is 6.03. The topological polar surface area (TPSA) is 42.1 Å². The normalized spacial score (nSPS) is 11.3. The van der Waals surface area contributed by atoms with Crippen molar-refractivity contribution in [3.05, 3.63) is 22.8 Å². The molecule has 0 radical (unpaired) electrons. The molecule has 1 rings (SSSR count). The van der Waals surface area contributed by atoms with E-state index in [1.807, 2.05) is 12.1 Å². The fourth-order valence-corrected chi connectivity index (χ4v) is 1.92. The summed E-state index contributed by atoms with van der Waals surface area (Å²) in [4.78, 5) is 6.81. The minimum Gasteiger partial charge on any atom is -0.354 e. The Kier molecular flexibility index (Phi) is 5.22. The molecule has 17 heavy (non-hydrogen) atoms. The van der Waals surface area contributed by atoms with E-state index < -0.39 is 0 Å². The quantitative estimate of drug-likeness (QED) is 0.879. The van der Waals surface area contributed by atoms with Crippen LogP contribution in [-0.2, 0) is 6.54 Å². The molecule has 1 aromatic heterocycles. The van der Waals surface area contributed by atoms with Crippen molar-refractivity contribution in [3.63, 3.8) is 0 Å². The molecule has 1 aromatic rings. The zero-order valence-corrected chi connectivity index (χ0v) is 11.8. The third kappa shape index (κ3) is 3.86. The van der Waals surface area contributed by atoms with E-state index in [9.17, 15) is 0 Å². The first-order valence-electron chi connectivity index (χ1n) is 6.07. The van der Waals surface area contributed by atoms with E-state index in [4.69, 9.17) is 17.3 Å². The number of nitrogens with two attached hydrogens (primary N) is 1. The van der Waals surface area contributed by atoms with E-state index in [0.29, 0.717) is 23.5 Å². The predicted molar refractivity (Wildman–Crippen MR) is 74.5 cm³/mol. The first-order chi connectivity index (χ1) is 7.95. The van der Waals surface area contributed by atoms with Gasteiger partial charge in [-0.2, -0.15) is 0 Å². The van der Waals surface area contributed by atoms with Crippen LogP contribution in [0.2, 0.25) is 5.02 Å². The minimum absolute atomic E-state index is 0.375. The SMILES string of the molecule is CC(C)CN(c1ccc(Cl)c(CN)n1)C(C)C. The Balaban J connectivity index is 3.01. The molecule has 3 nitrogen and oxygen atoms in total. The molecule has 1 heterocycles. The Morgan fingerprint density at radius 2 is 1.94 bits per heavy atom. The lowest BCUT2D eigenvalue weighted by Gasteiger charge is -2.30. The number of hydrogen-bond acceptors (Lipinski definition) is 3. The highest BCUT2D eigenvalue weighted by Gasteiger charge is 2.14. The second kappa shape index (κ2) is 6.22. The molecule has 0 bridgehead atoms. The van der Waals surface area contributed by atoms with E-state index in [-0.39, 0.29) is 0 Å². The number of nitrogens with zero attached hydrogens (tertiary/aromatic N) is 2. The smallest absolute Gasteiger partial charge is 0.129 e. The molecular weight excluding hydrogens is 234 g/mol. The number of halogens is 1. The third-order valence-corrected chi connectivity index (χ3v) is 2.92. The molecule has 0 aliphatic carbocycles. The van der Waals surface area contributed by atoms with Gasteiger partial charge in [0.25, 0.3) is 0 Å². The van der Waals surface area contributed by atoms with Crippen molar-refractivity contribution in [2.24, 2.45) is 11.7 Å². The Morgan fingerprint density at radius 1 is 1.29 bits per heavy atom. The standard InChI is InChI=1S/C13H22ClN3/c1-9(2)8-17(10(3)4)13-6-5-11(14)12(7-15)16-13/h5-6,9-10H,7-8,15H2,1-4H3. The molecule has 0 aromatic carbocycles. The lowest BCUT2D eigenvalue weighted by molar-refractivity contribution is 0.565. The van der Waals surface area contributed by atoms with Gasteiger partial charge >= 0.3 is 0 Å². The summed E-state index contributed by atoms with van der Waals surface area (Å²) in [5.74, 6) is 1.55. The molecule has 0 amide bonds. The van der Waals surface area contributed by atoms with Crippen molar-refractivity contribution < 1.29 is 0 Å². The Hall–Kier alpha value is -0.800. The highest BCUT2D eigenvalue weighted by Crippen LogP contribution is 2.21. The second-order valence-corrected chi connectivity index (χ2v) is 5.35. The first kappa shape index (κ1) is 14.3. The van der Waals surface area contributed by atoms with E-state index in [2.05, 4.69) is 37.6 Å². The zero-order chi connectivity index (χ0) is 13.0. The largest absolute Gasteiger partial charge is 0.354 e. The fourth-order valence-electron chi connectivity index (χ4n) is 1.74. The van der Waals surface area contributed by atoms with Crippen LogP contribution in [-0.4, -0.2) is 17.6 Å². The van der Waals surface area contributed by atoms with Crippen LogP contribution in [0.4, 0.5) is 5.82 Å². The number of pyridine rings is 1. The molecule has 0 aliphatic heterocycles. The van der Waals surface area contributed by atoms with Crippen molar-refractivity contribution in [2.75, 3.05) is 11.4 Å². The molecule has 0 saturated carbocycles. The molecule has 0 spiro atoms. The van der Waals surface area contributed by atoms with Gasteiger partial charge in [-0.1, -0.05) is 25.4 Å². The van der Waals surface area contributed by atoms with Gasteiger partial charge in [0.05, 0.1) is 10.7 Å². The van der Waals surface area contributed by atoms with Gasteiger partial charge in [0, 0.05) is 19.1 Å². The molecule has 96 valence electrons. The van der Waals surface area contributed by atoms with E-state index in [1.54, 1.807) is 0 Å². The van der Waals surface area contributed by atoms with Gasteiger partial charge in [-0.25, -0.2) is 4.98 Å². The van der Waals surface area contributed by atoms with E-state index in [0.717, 1.165) is 18.1 Å². The average molecular weight is 256 g/mol. The summed E-state index contributed by atoms with van der Waals surface area (Å²) in [6.45, 7) is 10.1. The Labute approximate surface area is 109 Å². The number of anilines is 1. The van der Waals surface area contributed by atoms with Crippen molar-refractivity contribution in [2.45, 2.75) is 40.3 Å². The van der Waals surface area contributed by atoms with Crippen LogP contribution in [0.25, 0.3) is 0 Å². The predicted octanol–water partition coefficient (Wildman–Crippen LogP) is 3.06. The maximum atomic E-state index is 6.03. The Bertz CT molecular complexity index is 364. The van der Waals surface area contributed by atoms with Crippen molar-refractivity contribution >= 4 is 17.4 Å². The Morgan fingerprint density at radius 3 is 2.41 bits per heavy atom. The fraction of sp³-hybridized carbons (Fsp3) is 0.615. The molecular formula is C13H22ClN3. The van der Waals surface area contributed by atoms with Gasteiger partial charge in [-0.15, -0.1) is 0 Å². The molecule has 0 saturated heterocycles. The molecule has 2 N–H and O–H groups in total. The van der Waals surface area contributed by atoms with Crippen LogP contribution in [0.1, 0.15) is 33.4 Å². The van der Waals surface area contributed by atoms with Crippen molar-refractivity contribution in [3.8, 4) is 0 Å². The van der Waals surface area contributed by atoms with Gasteiger partial charge in [0.1, 0.15) is 5.82 Å². The summed E-state index contributed by atoms with van der Waals surface area (Å²) in [7, 11) is 0. The third-order valence-electron chi connectivity index (χ3n) is 2.58. The van der Waals surface area contributed by atoms with Crippen LogP contribution in [0, 0.1) is 5.92 Å². The molecule has 0 unspecified atom stereocenters. The van der Waals surface area contributed by atoms with Crippen LogP contribution in [0.15, 0.2) is 12.1 Å². The average Bonchev–Trinajstić information content (AvgIpc) is 2.26.